The van der Waals surface area contributed by atoms with Crippen LogP contribution in [0.15, 0.2) is 0 Å². The molecule has 0 bridgehead atoms. The molecular weight excluding hydrogens is 218 g/mol. The molecule has 1 atom stereocenters. The summed E-state index contributed by atoms with van der Waals surface area (Å²) < 4.78 is 4.33. The Bertz CT molecular complexity index is 307. The number of hydrogen-bond donors (Lipinski definition) is 1. The molecular formula is C12H23N3S. The Morgan fingerprint density at radius 3 is 2.31 bits per heavy atom. The number of rotatable bonds is 6. The largest absolute Gasteiger partial charge is 0.358 e. The molecule has 1 aromatic heterocycles. The van der Waals surface area contributed by atoms with Gasteiger partial charge in [-0.3, -0.25) is 0 Å². The van der Waals surface area contributed by atoms with Crippen LogP contribution in [0.1, 0.15) is 59.2 Å². The lowest BCUT2D eigenvalue weighted by Gasteiger charge is -2.13. The van der Waals surface area contributed by atoms with Crippen LogP contribution in [0.25, 0.3) is 0 Å². The zero-order chi connectivity index (χ0) is 12.1. The molecule has 0 radical (unpaired) electrons. The Morgan fingerprint density at radius 1 is 1.12 bits per heavy atom. The van der Waals surface area contributed by atoms with Crippen LogP contribution in [-0.2, 0) is 0 Å². The van der Waals surface area contributed by atoms with Crippen LogP contribution >= 0.6 is 11.5 Å². The molecule has 0 amide bonds. The fraction of sp³-hybridized carbons (Fsp3) is 0.833. The van der Waals surface area contributed by atoms with Crippen molar-refractivity contribution in [3.8, 4) is 0 Å². The average molecular weight is 241 g/mol. The molecule has 1 unspecified atom stereocenters. The van der Waals surface area contributed by atoms with E-state index in [4.69, 9.17) is 0 Å². The van der Waals surface area contributed by atoms with Gasteiger partial charge in [0.05, 0.1) is 0 Å². The third-order valence-electron chi connectivity index (χ3n) is 2.51. The number of aromatic nitrogens is 2. The first-order valence-corrected chi connectivity index (χ1v) is 6.86. The molecule has 0 aliphatic rings. The molecule has 0 aliphatic carbocycles. The van der Waals surface area contributed by atoms with Crippen LogP contribution in [0, 0.1) is 5.92 Å². The molecule has 1 N–H and O–H groups in total. The normalized spacial score (nSPS) is 13.4. The van der Waals surface area contributed by atoms with Crippen LogP contribution in [0.5, 0.6) is 0 Å². The molecule has 1 heterocycles. The topological polar surface area (TPSA) is 37.8 Å². The minimum atomic E-state index is 0.415. The van der Waals surface area contributed by atoms with E-state index in [0.29, 0.717) is 12.0 Å². The van der Waals surface area contributed by atoms with E-state index in [-0.39, 0.29) is 0 Å². The van der Waals surface area contributed by atoms with Gasteiger partial charge < -0.3 is 5.32 Å². The summed E-state index contributed by atoms with van der Waals surface area (Å²) >= 11 is 1.47. The summed E-state index contributed by atoms with van der Waals surface area (Å²) in [6, 6.07) is 0.482. The van der Waals surface area contributed by atoms with E-state index in [1.54, 1.807) is 0 Å². The molecule has 0 aliphatic heterocycles. The molecule has 0 saturated heterocycles. The molecule has 0 spiro atoms. The maximum absolute atomic E-state index is 4.47. The molecule has 1 rings (SSSR count). The summed E-state index contributed by atoms with van der Waals surface area (Å²) in [7, 11) is 0. The summed E-state index contributed by atoms with van der Waals surface area (Å²) in [4.78, 5) is 4.47. The lowest BCUT2D eigenvalue weighted by atomic mass is 10.0. The van der Waals surface area contributed by atoms with Gasteiger partial charge in [-0.25, -0.2) is 4.98 Å². The zero-order valence-corrected chi connectivity index (χ0v) is 11.8. The first kappa shape index (κ1) is 13.4. The van der Waals surface area contributed by atoms with Crippen molar-refractivity contribution in [2.24, 2.45) is 5.92 Å². The van der Waals surface area contributed by atoms with Gasteiger partial charge in [-0.1, -0.05) is 27.7 Å². The third-order valence-corrected chi connectivity index (χ3v) is 3.17. The van der Waals surface area contributed by atoms with E-state index in [9.17, 15) is 0 Å². The van der Waals surface area contributed by atoms with Crippen molar-refractivity contribution in [3.05, 3.63) is 5.82 Å². The highest BCUT2D eigenvalue weighted by Crippen LogP contribution is 2.19. The fourth-order valence-corrected chi connectivity index (χ4v) is 2.21. The number of nitrogens with zero attached hydrogens (tertiary/aromatic N) is 2. The molecule has 16 heavy (non-hydrogen) atoms. The van der Waals surface area contributed by atoms with Crippen LogP contribution in [-0.4, -0.2) is 15.4 Å². The number of nitrogens with one attached hydrogen (secondary N) is 1. The molecule has 0 aromatic carbocycles. The van der Waals surface area contributed by atoms with Crippen molar-refractivity contribution in [3.63, 3.8) is 0 Å². The Labute approximate surface area is 103 Å². The Morgan fingerprint density at radius 2 is 1.81 bits per heavy atom. The summed E-state index contributed by atoms with van der Waals surface area (Å²) in [5.74, 6) is 2.13. The zero-order valence-electron chi connectivity index (χ0n) is 10.9. The van der Waals surface area contributed by atoms with E-state index in [1.165, 1.54) is 24.4 Å². The summed E-state index contributed by atoms with van der Waals surface area (Å²) in [5, 5.41) is 4.38. The van der Waals surface area contributed by atoms with Crippen LogP contribution in [0.2, 0.25) is 0 Å². The van der Waals surface area contributed by atoms with Crippen LogP contribution in [0.3, 0.4) is 0 Å². The summed E-state index contributed by atoms with van der Waals surface area (Å²) in [6.45, 7) is 11.0. The van der Waals surface area contributed by atoms with Gasteiger partial charge in [0.25, 0.3) is 0 Å². The van der Waals surface area contributed by atoms with Crippen molar-refractivity contribution < 1.29 is 0 Å². The molecule has 92 valence electrons. The minimum absolute atomic E-state index is 0.415. The minimum Gasteiger partial charge on any atom is -0.358 e. The average Bonchev–Trinajstić information content (AvgIpc) is 2.63. The van der Waals surface area contributed by atoms with Gasteiger partial charge in [0.2, 0.25) is 5.13 Å². The summed E-state index contributed by atoms with van der Waals surface area (Å²) in [5.41, 5.74) is 0. The molecule has 4 heteroatoms. The standard InChI is InChI=1S/C12H23N3S/c1-8(2)6-7-10(5)13-12-14-11(9(3)4)15-16-12/h8-10H,6-7H2,1-5H3,(H,13,14,15). The predicted octanol–water partition coefficient (Wildman–Crippen LogP) is 3.90. The second-order valence-electron chi connectivity index (χ2n) is 5.13. The highest BCUT2D eigenvalue weighted by molar-refractivity contribution is 7.09. The van der Waals surface area contributed by atoms with E-state index in [0.717, 1.165) is 16.9 Å². The van der Waals surface area contributed by atoms with E-state index in [1.807, 2.05) is 0 Å². The maximum atomic E-state index is 4.47. The highest BCUT2D eigenvalue weighted by Gasteiger charge is 2.10. The molecule has 0 saturated carbocycles. The SMILES string of the molecule is CC(C)CCC(C)Nc1nc(C(C)C)ns1. The van der Waals surface area contributed by atoms with Gasteiger partial charge in [-0.05, 0) is 25.7 Å². The van der Waals surface area contributed by atoms with Crippen molar-refractivity contribution in [1.82, 2.24) is 9.36 Å². The third kappa shape index (κ3) is 4.47. The van der Waals surface area contributed by atoms with Gasteiger partial charge in [0.1, 0.15) is 5.82 Å². The monoisotopic (exact) mass is 241 g/mol. The first-order chi connectivity index (χ1) is 7.49. The summed E-state index contributed by atoms with van der Waals surface area (Å²) in [6.07, 6.45) is 2.44. The van der Waals surface area contributed by atoms with Crippen molar-refractivity contribution in [2.75, 3.05) is 5.32 Å². The van der Waals surface area contributed by atoms with Crippen molar-refractivity contribution in [2.45, 2.75) is 59.4 Å². The van der Waals surface area contributed by atoms with Gasteiger partial charge in [0.15, 0.2) is 0 Å². The number of hydrogen-bond acceptors (Lipinski definition) is 4. The highest BCUT2D eigenvalue weighted by atomic mass is 32.1. The van der Waals surface area contributed by atoms with E-state index in [2.05, 4.69) is 49.3 Å². The first-order valence-electron chi connectivity index (χ1n) is 6.09. The molecule has 3 nitrogen and oxygen atoms in total. The van der Waals surface area contributed by atoms with Gasteiger partial charge in [-0.2, -0.15) is 4.37 Å². The fourth-order valence-electron chi connectivity index (χ4n) is 1.39. The van der Waals surface area contributed by atoms with Gasteiger partial charge in [0, 0.05) is 23.5 Å². The van der Waals surface area contributed by atoms with E-state index >= 15 is 0 Å². The van der Waals surface area contributed by atoms with Gasteiger partial charge in [-0.15, -0.1) is 0 Å². The van der Waals surface area contributed by atoms with Gasteiger partial charge >= 0.3 is 0 Å². The van der Waals surface area contributed by atoms with E-state index < -0.39 is 0 Å². The van der Waals surface area contributed by atoms with Crippen LogP contribution in [0.4, 0.5) is 5.13 Å². The predicted molar refractivity (Wildman–Crippen MR) is 71.2 cm³/mol. The lowest BCUT2D eigenvalue weighted by molar-refractivity contribution is 0.527. The second kappa shape index (κ2) is 6.18. The molecule has 1 aromatic rings. The quantitative estimate of drug-likeness (QED) is 0.821. The second-order valence-corrected chi connectivity index (χ2v) is 5.88. The Balaban J connectivity index is 2.40. The van der Waals surface area contributed by atoms with Crippen molar-refractivity contribution in [1.29, 1.82) is 0 Å². The smallest absolute Gasteiger partial charge is 0.202 e. The Kier molecular flexibility index (Phi) is 5.19. The maximum Gasteiger partial charge on any atom is 0.202 e. The van der Waals surface area contributed by atoms with Crippen LogP contribution < -0.4 is 5.32 Å². The van der Waals surface area contributed by atoms with Crippen molar-refractivity contribution >= 4 is 16.7 Å². The number of anilines is 1. The Hall–Kier alpha value is -0.640. The lowest BCUT2D eigenvalue weighted by Crippen LogP contribution is -2.15. The molecule has 0 fully saturated rings.